The van der Waals surface area contributed by atoms with Gasteiger partial charge in [-0.1, -0.05) is 213 Å². The first-order valence-electron chi connectivity index (χ1n) is 23.6. The second-order valence-electron chi connectivity index (χ2n) is 19.1. The third-order valence-electron chi connectivity index (χ3n) is 14.8. The van der Waals surface area contributed by atoms with E-state index in [1.807, 2.05) is 25.5 Å². The van der Waals surface area contributed by atoms with Crippen LogP contribution in [0.15, 0.2) is 206 Å². The Morgan fingerprint density at radius 1 is 0.403 bits per heavy atom. The Hall–Kier alpha value is -7.26. The average molecular weight is 884 g/mol. The molecule has 324 valence electrons. The third-order valence-corrected chi connectivity index (χ3v) is 16.3. The van der Waals surface area contributed by atoms with Gasteiger partial charge in [0.1, 0.15) is 7.14 Å². The number of benzene rings is 9. The molecule has 2 aliphatic carbocycles. The smallest absolute Gasteiger partial charge is 0.164 e. The molecule has 9 aromatic carbocycles. The van der Waals surface area contributed by atoms with Crippen molar-refractivity contribution in [1.82, 2.24) is 15.0 Å². The van der Waals surface area contributed by atoms with E-state index in [0.717, 1.165) is 67.0 Å². The lowest BCUT2D eigenvalue weighted by Crippen LogP contribution is -2.34. The van der Waals surface area contributed by atoms with Crippen LogP contribution in [0.5, 0.6) is 0 Å². The fraction of sp³-hybridized carbons (Fsp3) is 0.145. The SMILES string of the molecule is CP(C)(=O)c1c2ccccc2c(-c2ccc(C3(c4ccc(-c5nc(-c6ccc(-c7ccccc7)cc6)nc(-c6ccc(-c7ccccc7)cc6)n5)cc4)CC4CCC3C4)cc2)c2ccccc12. The van der Waals surface area contributed by atoms with Gasteiger partial charge in [-0.05, 0) is 110 Å². The van der Waals surface area contributed by atoms with Gasteiger partial charge in [0.2, 0.25) is 0 Å². The zero-order valence-corrected chi connectivity index (χ0v) is 38.7. The molecule has 0 spiro atoms. The molecule has 1 aromatic heterocycles. The Kier molecular flexibility index (Phi) is 10.2. The highest BCUT2D eigenvalue weighted by molar-refractivity contribution is 7.71. The summed E-state index contributed by atoms with van der Waals surface area (Å²) in [6.45, 7) is 3.79. The van der Waals surface area contributed by atoms with Crippen LogP contribution >= 0.6 is 7.14 Å². The number of fused-ring (bicyclic) bond motifs is 4. The highest BCUT2D eigenvalue weighted by atomic mass is 31.2. The topological polar surface area (TPSA) is 55.7 Å². The van der Waals surface area contributed by atoms with Crippen LogP contribution in [0.25, 0.3) is 89.1 Å². The maximum absolute atomic E-state index is 13.9. The number of rotatable bonds is 9. The lowest BCUT2D eigenvalue weighted by atomic mass is 9.64. The van der Waals surface area contributed by atoms with E-state index in [0.29, 0.717) is 23.4 Å². The van der Waals surface area contributed by atoms with Gasteiger partial charge >= 0.3 is 0 Å². The summed E-state index contributed by atoms with van der Waals surface area (Å²) in [5, 5.41) is 5.44. The van der Waals surface area contributed by atoms with Gasteiger partial charge in [-0.15, -0.1) is 0 Å². The van der Waals surface area contributed by atoms with E-state index in [1.165, 1.54) is 52.6 Å². The summed E-state index contributed by atoms with van der Waals surface area (Å²) in [6.07, 6.45) is 4.96. The Labute approximate surface area is 392 Å². The molecule has 2 saturated carbocycles. The predicted octanol–water partition coefficient (Wildman–Crippen LogP) is 15.5. The highest BCUT2D eigenvalue weighted by Crippen LogP contribution is 2.60. The Balaban J connectivity index is 0.928. The molecule has 3 atom stereocenters. The second kappa shape index (κ2) is 16.6. The molecule has 2 bridgehead atoms. The van der Waals surface area contributed by atoms with Gasteiger partial charge in [0.15, 0.2) is 17.5 Å². The lowest BCUT2D eigenvalue weighted by Gasteiger charge is -2.39. The van der Waals surface area contributed by atoms with Crippen LogP contribution in [0.4, 0.5) is 0 Å². The second-order valence-corrected chi connectivity index (χ2v) is 22.2. The minimum atomic E-state index is -2.58. The molecule has 3 unspecified atom stereocenters. The molecule has 0 aliphatic heterocycles. The van der Waals surface area contributed by atoms with Gasteiger partial charge in [0.05, 0.1) is 0 Å². The maximum atomic E-state index is 13.9. The van der Waals surface area contributed by atoms with Crippen molar-refractivity contribution in [2.75, 3.05) is 13.3 Å². The first-order valence-corrected chi connectivity index (χ1v) is 26.2. The lowest BCUT2D eigenvalue weighted by molar-refractivity contribution is 0.320. The van der Waals surface area contributed by atoms with Gasteiger partial charge < -0.3 is 4.57 Å². The minimum absolute atomic E-state index is 0.0819. The summed E-state index contributed by atoms with van der Waals surface area (Å²) in [7, 11) is -2.58. The fourth-order valence-electron chi connectivity index (χ4n) is 11.7. The van der Waals surface area contributed by atoms with E-state index in [9.17, 15) is 4.57 Å². The van der Waals surface area contributed by atoms with Crippen molar-refractivity contribution in [2.24, 2.45) is 11.8 Å². The summed E-state index contributed by atoms with van der Waals surface area (Å²) in [5.41, 5.74) is 12.6. The number of aromatic nitrogens is 3. The number of nitrogens with zero attached hydrogens (tertiary/aromatic N) is 3. The van der Waals surface area contributed by atoms with Crippen molar-refractivity contribution in [1.29, 1.82) is 0 Å². The summed E-state index contributed by atoms with van der Waals surface area (Å²) in [6, 6.07) is 73.7. The fourth-order valence-corrected chi connectivity index (χ4v) is 13.2. The van der Waals surface area contributed by atoms with E-state index in [2.05, 4.69) is 194 Å². The quantitative estimate of drug-likeness (QED) is 0.107. The van der Waals surface area contributed by atoms with Crippen molar-refractivity contribution in [2.45, 2.75) is 31.1 Å². The summed E-state index contributed by atoms with van der Waals surface area (Å²) in [4.78, 5) is 15.4. The molecule has 5 heteroatoms. The van der Waals surface area contributed by atoms with Gasteiger partial charge in [0.25, 0.3) is 0 Å². The van der Waals surface area contributed by atoms with E-state index in [1.54, 1.807) is 0 Å². The van der Waals surface area contributed by atoms with Crippen molar-refractivity contribution < 1.29 is 4.57 Å². The zero-order valence-electron chi connectivity index (χ0n) is 37.8. The third kappa shape index (κ3) is 7.32. The van der Waals surface area contributed by atoms with E-state index in [-0.39, 0.29) is 5.41 Å². The highest BCUT2D eigenvalue weighted by Gasteiger charge is 2.52. The molecule has 0 radical (unpaired) electrons. The molecule has 4 nitrogen and oxygen atoms in total. The molecule has 0 amide bonds. The van der Waals surface area contributed by atoms with Gasteiger partial charge in [-0.3, -0.25) is 0 Å². The molecule has 12 rings (SSSR count). The summed E-state index contributed by atoms with van der Waals surface area (Å²) < 4.78 is 13.9. The first kappa shape index (κ1) is 41.2. The number of hydrogen-bond acceptors (Lipinski definition) is 4. The molecular formula is C62H50N3OP. The zero-order chi connectivity index (χ0) is 45.1. The Morgan fingerprint density at radius 2 is 0.761 bits per heavy atom. The molecular weight excluding hydrogens is 834 g/mol. The van der Waals surface area contributed by atoms with Gasteiger partial charge in [0, 0.05) is 27.4 Å². The minimum Gasteiger partial charge on any atom is -0.319 e. The van der Waals surface area contributed by atoms with E-state index >= 15 is 0 Å². The van der Waals surface area contributed by atoms with Crippen LogP contribution in [-0.2, 0) is 9.98 Å². The summed E-state index contributed by atoms with van der Waals surface area (Å²) in [5.74, 6) is 3.25. The molecule has 10 aromatic rings. The van der Waals surface area contributed by atoms with Crippen LogP contribution < -0.4 is 5.30 Å². The predicted molar refractivity (Wildman–Crippen MR) is 279 cm³/mol. The average Bonchev–Trinajstić information content (AvgIpc) is 4.01. The van der Waals surface area contributed by atoms with Crippen LogP contribution in [-0.4, -0.2) is 28.3 Å². The van der Waals surface area contributed by atoms with Crippen LogP contribution in [0, 0.1) is 11.8 Å². The number of hydrogen-bond donors (Lipinski definition) is 0. The largest absolute Gasteiger partial charge is 0.319 e. The Morgan fingerprint density at radius 3 is 1.15 bits per heavy atom. The van der Waals surface area contributed by atoms with Crippen molar-refractivity contribution in [3.8, 4) is 67.5 Å². The molecule has 67 heavy (non-hydrogen) atoms. The molecule has 2 fully saturated rings. The van der Waals surface area contributed by atoms with Crippen LogP contribution in [0.3, 0.4) is 0 Å². The molecule has 0 N–H and O–H groups in total. The van der Waals surface area contributed by atoms with Crippen molar-refractivity contribution in [3.63, 3.8) is 0 Å². The van der Waals surface area contributed by atoms with Gasteiger partial charge in [-0.2, -0.15) is 0 Å². The van der Waals surface area contributed by atoms with Crippen LogP contribution in [0.2, 0.25) is 0 Å². The van der Waals surface area contributed by atoms with Crippen molar-refractivity contribution >= 4 is 34.0 Å². The van der Waals surface area contributed by atoms with Crippen molar-refractivity contribution in [3.05, 3.63) is 217 Å². The monoisotopic (exact) mass is 883 g/mol. The van der Waals surface area contributed by atoms with E-state index in [4.69, 9.17) is 15.0 Å². The molecule has 1 heterocycles. The standard InChI is InChI=1S/C62H50N3OP/c1-67(2,66)58-55-19-11-9-17-53(55)57(54-18-10-12-20-56(54)58)46-30-35-50(36-31-46)62(40-41-21-34-52(62)39-41)51-37-32-49(33-38-51)61-64-59(47-26-22-44(23-27-47)42-13-5-3-6-14-42)63-60(65-61)48-28-24-45(25-29-48)43-15-7-4-8-16-43/h3-20,22-33,35-38,41,52H,21,34,39-40H2,1-2H3. The molecule has 2 aliphatic rings. The van der Waals surface area contributed by atoms with Crippen LogP contribution in [0.1, 0.15) is 36.8 Å². The van der Waals surface area contributed by atoms with E-state index < -0.39 is 7.14 Å². The Bertz CT molecular complexity index is 3340. The first-order chi connectivity index (χ1) is 32.8. The normalized spacial score (nSPS) is 17.9. The molecule has 0 saturated heterocycles. The van der Waals surface area contributed by atoms with Gasteiger partial charge in [-0.25, -0.2) is 15.0 Å². The maximum Gasteiger partial charge on any atom is 0.164 e. The summed E-state index contributed by atoms with van der Waals surface area (Å²) >= 11 is 0.